The van der Waals surface area contributed by atoms with Gasteiger partial charge >= 0.3 is 0 Å². The van der Waals surface area contributed by atoms with Crippen LogP contribution in [-0.2, 0) is 11.3 Å². The Kier molecular flexibility index (Phi) is 5.31. The summed E-state index contributed by atoms with van der Waals surface area (Å²) in [6, 6.07) is 17.4. The number of hydrogen-bond acceptors (Lipinski definition) is 5. The van der Waals surface area contributed by atoms with Gasteiger partial charge in [-0.3, -0.25) is 14.8 Å². The molecule has 0 bridgehead atoms. The van der Waals surface area contributed by atoms with E-state index in [1.807, 2.05) is 64.1 Å². The van der Waals surface area contributed by atoms with Gasteiger partial charge in [0.1, 0.15) is 24.1 Å². The van der Waals surface area contributed by atoms with Crippen molar-refractivity contribution in [2.75, 3.05) is 13.1 Å². The van der Waals surface area contributed by atoms with Crippen molar-refractivity contribution in [3.8, 4) is 17.3 Å². The number of nitrogens with zero attached hydrogens (tertiary/aromatic N) is 5. The highest BCUT2D eigenvalue weighted by Crippen LogP contribution is 2.24. The van der Waals surface area contributed by atoms with Gasteiger partial charge in [0.2, 0.25) is 5.91 Å². The first-order valence-electron chi connectivity index (χ1n) is 10.5. The number of likely N-dealkylation sites (tertiary alicyclic amines) is 1. The van der Waals surface area contributed by atoms with Crippen molar-refractivity contribution >= 4 is 16.9 Å². The average molecular weight is 413 g/mol. The summed E-state index contributed by atoms with van der Waals surface area (Å²) in [5.74, 6) is 1.57. The Labute approximate surface area is 180 Å². The highest BCUT2D eigenvalue weighted by atomic mass is 16.5. The normalized spacial score (nSPS) is 14.6. The van der Waals surface area contributed by atoms with Crippen LogP contribution in [0.5, 0.6) is 5.75 Å². The fourth-order valence-corrected chi connectivity index (χ4v) is 3.99. The summed E-state index contributed by atoms with van der Waals surface area (Å²) in [6.07, 6.45) is 6.91. The van der Waals surface area contributed by atoms with Crippen LogP contribution in [0.15, 0.2) is 73.2 Å². The summed E-state index contributed by atoms with van der Waals surface area (Å²) in [6.45, 7) is 1.59. The van der Waals surface area contributed by atoms with E-state index in [0.717, 1.165) is 35.3 Å². The van der Waals surface area contributed by atoms with E-state index in [2.05, 4.69) is 9.97 Å². The molecule has 1 aromatic carbocycles. The van der Waals surface area contributed by atoms with E-state index >= 15 is 0 Å². The lowest BCUT2D eigenvalue weighted by molar-refractivity contribution is -0.133. The fourth-order valence-electron chi connectivity index (χ4n) is 3.99. The monoisotopic (exact) mass is 413 g/mol. The molecule has 3 aromatic heterocycles. The van der Waals surface area contributed by atoms with Crippen LogP contribution in [0.25, 0.3) is 22.6 Å². The maximum absolute atomic E-state index is 13.2. The summed E-state index contributed by atoms with van der Waals surface area (Å²) in [5, 5.41) is 0. The van der Waals surface area contributed by atoms with Gasteiger partial charge in [0.25, 0.3) is 0 Å². The number of aromatic nitrogens is 4. The molecule has 7 nitrogen and oxygen atoms in total. The molecule has 0 radical (unpaired) electrons. The first-order chi connectivity index (χ1) is 15.3. The van der Waals surface area contributed by atoms with Gasteiger partial charge in [0, 0.05) is 38.3 Å². The molecule has 0 saturated carbocycles. The SMILES string of the molecule is O=C(Cn1c(-c2ccccn2)nc2ccccc21)N1CCC(Oc2cccnc2)CC1. The topological polar surface area (TPSA) is 73.1 Å². The Morgan fingerprint density at radius 1 is 1.00 bits per heavy atom. The second kappa shape index (κ2) is 8.55. The van der Waals surface area contributed by atoms with E-state index in [0.29, 0.717) is 18.9 Å². The number of benzene rings is 1. The van der Waals surface area contributed by atoms with Gasteiger partial charge in [0.05, 0.1) is 17.2 Å². The molecule has 0 spiro atoms. The molecule has 1 saturated heterocycles. The minimum Gasteiger partial charge on any atom is -0.489 e. The smallest absolute Gasteiger partial charge is 0.242 e. The molecule has 1 fully saturated rings. The van der Waals surface area contributed by atoms with Crippen LogP contribution >= 0.6 is 0 Å². The highest BCUT2D eigenvalue weighted by Gasteiger charge is 2.25. The van der Waals surface area contributed by atoms with Crippen molar-refractivity contribution in [2.24, 2.45) is 0 Å². The van der Waals surface area contributed by atoms with Gasteiger partial charge in [-0.1, -0.05) is 18.2 Å². The van der Waals surface area contributed by atoms with Gasteiger partial charge in [-0.2, -0.15) is 0 Å². The first kappa shape index (κ1) is 19.2. The molecule has 1 amide bonds. The van der Waals surface area contributed by atoms with E-state index in [4.69, 9.17) is 9.72 Å². The van der Waals surface area contributed by atoms with Crippen molar-refractivity contribution < 1.29 is 9.53 Å². The fraction of sp³-hybridized carbons (Fsp3) is 0.250. The van der Waals surface area contributed by atoms with Crippen LogP contribution in [0, 0.1) is 0 Å². The molecule has 0 N–H and O–H groups in total. The summed E-state index contributed by atoms with van der Waals surface area (Å²) >= 11 is 0. The molecule has 0 atom stereocenters. The van der Waals surface area contributed by atoms with E-state index in [1.165, 1.54) is 0 Å². The van der Waals surface area contributed by atoms with Crippen molar-refractivity contribution in [2.45, 2.75) is 25.5 Å². The lowest BCUT2D eigenvalue weighted by Crippen LogP contribution is -2.43. The third kappa shape index (κ3) is 4.12. The van der Waals surface area contributed by atoms with Crippen molar-refractivity contribution in [3.05, 3.63) is 73.2 Å². The molecule has 156 valence electrons. The van der Waals surface area contributed by atoms with Crippen LogP contribution in [0.1, 0.15) is 12.8 Å². The summed E-state index contributed by atoms with van der Waals surface area (Å²) in [4.78, 5) is 28.4. The van der Waals surface area contributed by atoms with Gasteiger partial charge in [-0.15, -0.1) is 0 Å². The Morgan fingerprint density at radius 2 is 1.84 bits per heavy atom. The number of carbonyl (C=O) groups excluding carboxylic acids is 1. The van der Waals surface area contributed by atoms with E-state index in [9.17, 15) is 4.79 Å². The molecule has 1 aliphatic rings. The van der Waals surface area contributed by atoms with Gasteiger partial charge in [-0.05, 0) is 36.4 Å². The number of rotatable bonds is 5. The Hall–Kier alpha value is -3.74. The number of amides is 1. The summed E-state index contributed by atoms with van der Waals surface area (Å²) in [5.41, 5.74) is 2.56. The maximum atomic E-state index is 13.2. The molecule has 7 heteroatoms. The quantitative estimate of drug-likeness (QED) is 0.500. The minimum atomic E-state index is 0.0835. The number of imidazole rings is 1. The Balaban J connectivity index is 1.31. The third-order valence-electron chi connectivity index (χ3n) is 5.57. The molecular weight excluding hydrogens is 390 g/mol. The molecule has 4 aromatic rings. The molecule has 5 rings (SSSR count). The zero-order valence-corrected chi connectivity index (χ0v) is 17.1. The maximum Gasteiger partial charge on any atom is 0.242 e. The number of hydrogen-bond donors (Lipinski definition) is 0. The van der Waals surface area contributed by atoms with Gasteiger partial charge < -0.3 is 14.2 Å². The zero-order valence-electron chi connectivity index (χ0n) is 17.1. The van der Waals surface area contributed by atoms with E-state index in [1.54, 1.807) is 18.6 Å². The Morgan fingerprint density at radius 3 is 2.61 bits per heavy atom. The van der Waals surface area contributed by atoms with Crippen LogP contribution in [0.3, 0.4) is 0 Å². The standard InChI is InChI=1S/C24H23N5O2/c30-23(28-14-10-18(11-15-28)31-19-6-5-12-25-16-19)17-29-22-9-2-1-7-20(22)27-24(29)21-8-3-4-13-26-21/h1-9,12-13,16,18H,10-11,14-15,17H2. The molecule has 0 unspecified atom stereocenters. The minimum absolute atomic E-state index is 0.0835. The highest BCUT2D eigenvalue weighted by molar-refractivity contribution is 5.84. The lowest BCUT2D eigenvalue weighted by atomic mass is 10.1. The zero-order chi connectivity index (χ0) is 21.0. The van der Waals surface area contributed by atoms with E-state index < -0.39 is 0 Å². The van der Waals surface area contributed by atoms with E-state index in [-0.39, 0.29) is 18.6 Å². The second-order valence-corrected chi connectivity index (χ2v) is 7.61. The molecule has 4 heterocycles. The Bertz CT molecular complexity index is 1170. The molecule has 1 aliphatic heterocycles. The van der Waals surface area contributed by atoms with Gasteiger partial charge in [0.15, 0.2) is 5.82 Å². The van der Waals surface area contributed by atoms with Gasteiger partial charge in [-0.25, -0.2) is 4.98 Å². The number of para-hydroxylation sites is 2. The van der Waals surface area contributed by atoms with Crippen molar-refractivity contribution in [1.29, 1.82) is 0 Å². The number of ether oxygens (including phenoxy) is 1. The summed E-state index contributed by atoms with van der Waals surface area (Å²) < 4.78 is 7.97. The summed E-state index contributed by atoms with van der Waals surface area (Å²) in [7, 11) is 0. The first-order valence-corrected chi connectivity index (χ1v) is 10.5. The molecule has 31 heavy (non-hydrogen) atoms. The van der Waals surface area contributed by atoms with Crippen LogP contribution in [-0.4, -0.2) is 49.5 Å². The largest absolute Gasteiger partial charge is 0.489 e. The predicted molar refractivity (Wildman–Crippen MR) is 117 cm³/mol. The van der Waals surface area contributed by atoms with Crippen LogP contribution in [0.2, 0.25) is 0 Å². The van der Waals surface area contributed by atoms with Crippen LogP contribution < -0.4 is 4.74 Å². The third-order valence-corrected chi connectivity index (χ3v) is 5.57. The van der Waals surface area contributed by atoms with Crippen molar-refractivity contribution in [1.82, 2.24) is 24.4 Å². The lowest BCUT2D eigenvalue weighted by Gasteiger charge is -2.32. The molecular formula is C24H23N5O2. The van der Waals surface area contributed by atoms with Crippen molar-refractivity contribution in [3.63, 3.8) is 0 Å². The molecule has 0 aliphatic carbocycles. The number of fused-ring (bicyclic) bond motifs is 1. The average Bonchev–Trinajstić information content (AvgIpc) is 3.19. The van der Waals surface area contributed by atoms with Crippen LogP contribution in [0.4, 0.5) is 0 Å². The number of carbonyl (C=O) groups is 1. The second-order valence-electron chi connectivity index (χ2n) is 7.61. The number of pyridine rings is 2. The predicted octanol–water partition coefficient (Wildman–Crippen LogP) is 3.56. The number of piperidine rings is 1.